The average molecular weight is 534 g/mol. The van der Waals surface area contributed by atoms with E-state index in [1.54, 1.807) is 24.3 Å². The molecule has 6 nitrogen and oxygen atoms in total. The van der Waals surface area contributed by atoms with Gasteiger partial charge in [-0.1, -0.05) is 34.1 Å². The van der Waals surface area contributed by atoms with Crippen LogP contribution in [0.3, 0.4) is 0 Å². The fourth-order valence-electron chi connectivity index (χ4n) is 4.46. The molecule has 0 bridgehead atoms. The first-order chi connectivity index (χ1) is 16.9. The summed E-state index contributed by atoms with van der Waals surface area (Å²) in [4.78, 5) is 45.6. The summed E-state index contributed by atoms with van der Waals surface area (Å²) < 4.78 is 14.3. The number of hydrogen-bond donors (Lipinski definition) is 1. The second kappa shape index (κ2) is 9.46. The maximum atomic E-state index is 13.5. The summed E-state index contributed by atoms with van der Waals surface area (Å²) >= 11 is 3.36. The van der Waals surface area contributed by atoms with Crippen molar-refractivity contribution in [3.8, 4) is 0 Å². The van der Waals surface area contributed by atoms with Crippen molar-refractivity contribution < 1.29 is 18.8 Å². The molecule has 1 fully saturated rings. The molecule has 0 spiro atoms. The number of hydrogen-bond acceptors (Lipinski definition) is 3. The van der Waals surface area contributed by atoms with Gasteiger partial charge < -0.3 is 9.88 Å². The van der Waals surface area contributed by atoms with Gasteiger partial charge in [-0.05, 0) is 66.6 Å². The highest BCUT2D eigenvalue weighted by molar-refractivity contribution is 9.10. The molecule has 1 saturated heterocycles. The Bertz CT molecular complexity index is 1420. The lowest BCUT2D eigenvalue weighted by atomic mass is 10.1. The lowest BCUT2D eigenvalue weighted by Crippen LogP contribution is -2.46. The number of rotatable bonds is 6. The predicted octanol–water partition coefficient (Wildman–Crippen LogP) is 5.09. The molecule has 3 amide bonds. The molecule has 2 heterocycles. The Labute approximate surface area is 209 Å². The van der Waals surface area contributed by atoms with Crippen molar-refractivity contribution in [1.29, 1.82) is 0 Å². The topological polar surface area (TPSA) is 73.5 Å². The van der Waals surface area contributed by atoms with E-state index in [1.165, 1.54) is 29.2 Å². The minimum Gasteiger partial charge on any atom is -0.361 e. The summed E-state index contributed by atoms with van der Waals surface area (Å²) in [5, 5.41) is 1.03. The van der Waals surface area contributed by atoms with Crippen LogP contribution in [0, 0.1) is 5.82 Å². The number of benzene rings is 3. The molecule has 0 radical (unpaired) electrons. The minimum atomic E-state index is -0.950. The molecule has 1 unspecified atom stereocenters. The number of nitrogens with zero attached hydrogens (tertiary/aromatic N) is 2. The Hall–Kier alpha value is -3.78. The smallest absolute Gasteiger partial charge is 0.257 e. The molecular formula is C27H21BrFN3O3. The van der Waals surface area contributed by atoms with Crippen molar-refractivity contribution in [1.82, 2.24) is 9.88 Å². The maximum absolute atomic E-state index is 13.5. The second-order valence-corrected chi connectivity index (χ2v) is 9.29. The molecule has 35 heavy (non-hydrogen) atoms. The van der Waals surface area contributed by atoms with Gasteiger partial charge in [0.05, 0.1) is 12.1 Å². The van der Waals surface area contributed by atoms with E-state index in [2.05, 4.69) is 20.9 Å². The molecular weight excluding hydrogens is 513 g/mol. The predicted molar refractivity (Wildman–Crippen MR) is 134 cm³/mol. The zero-order valence-electron chi connectivity index (χ0n) is 18.6. The van der Waals surface area contributed by atoms with Crippen LogP contribution in [-0.2, 0) is 16.0 Å². The van der Waals surface area contributed by atoms with Crippen LogP contribution in [0.25, 0.3) is 10.9 Å². The molecule has 8 heteroatoms. The van der Waals surface area contributed by atoms with E-state index in [4.69, 9.17) is 0 Å². The average Bonchev–Trinajstić information content (AvgIpc) is 3.40. The Morgan fingerprint density at radius 2 is 1.74 bits per heavy atom. The maximum Gasteiger partial charge on any atom is 0.257 e. The number of carbonyl (C=O) groups is 3. The number of imide groups is 1. The zero-order chi connectivity index (χ0) is 24.5. The van der Waals surface area contributed by atoms with Crippen LogP contribution in [-0.4, -0.2) is 40.2 Å². The van der Waals surface area contributed by atoms with Gasteiger partial charge in [0.1, 0.15) is 11.9 Å². The third-order valence-electron chi connectivity index (χ3n) is 6.23. The molecule has 0 aliphatic carbocycles. The van der Waals surface area contributed by atoms with Crippen LogP contribution in [0.1, 0.15) is 22.3 Å². The highest BCUT2D eigenvalue weighted by Gasteiger charge is 2.44. The summed E-state index contributed by atoms with van der Waals surface area (Å²) in [6, 6.07) is 19.0. The zero-order valence-corrected chi connectivity index (χ0v) is 20.2. The van der Waals surface area contributed by atoms with Crippen LogP contribution >= 0.6 is 15.9 Å². The van der Waals surface area contributed by atoms with Crippen LogP contribution in [0.4, 0.5) is 10.1 Å². The van der Waals surface area contributed by atoms with Crippen molar-refractivity contribution in [3.63, 3.8) is 0 Å². The van der Waals surface area contributed by atoms with Gasteiger partial charge in [-0.25, -0.2) is 9.29 Å². The quantitative estimate of drug-likeness (QED) is 0.351. The Kier molecular flexibility index (Phi) is 6.21. The Morgan fingerprint density at radius 3 is 2.49 bits per heavy atom. The van der Waals surface area contributed by atoms with Gasteiger partial charge in [-0.2, -0.15) is 0 Å². The molecule has 1 aliphatic heterocycles. The molecule has 5 rings (SSSR count). The number of para-hydroxylation sites is 1. The molecule has 1 aromatic heterocycles. The first-order valence-electron chi connectivity index (χ1n) is 11.2. The fourth-order valence-corrected chi connectivity index (χ4v) is 4.72. The number of amides is 3. The van der Waals surface area contributed by atoms with E-state index in [0.717, 1.165) is 25.8 Å². The fraction of sp³-hybridized carbons (Fsp3) is 0.148. The summed E-state index contributed by atoms with van der Waals surface area (Å²) in [5.41, 5.74) is 2.69. The van der Waals surface area contributed by atoms with E-state index >= 15 is 0 Å². The van der Waals surface area contributed by atoms with E-state index in [-0.39, 0.29) is 24.4 Å². The van der Waals surface area contributed by atoms with Gasteiger partial charge >= 0.3 is 0 Å². The highest BCUT2D eigenvalue weighted by Crippen LogP contribution is 2.28. The van der Waals surface area contributed by atoms with Gasteiger partial charge in [0.15, 0.2) is 0 Å². The molecule has 3 aromatic carbocycles. The summed E-state index contributed by atoms with van der Waals surface area (Å²) in [6.07, 6.45) is 2.25. The van der Waals surface area contributed by atoms with Crippen LogP contribution in [0.5, 0.6) is 0 Å². The Balaban J connectivity index is 1.46. The highest BCUT2D eigenvalue weighted by atomic mass is 79.9. The molecule has 176 valence electrons. The number of halogens is 2. The first-order valence-corrected chi connectivity index (χ1v) is 12.0. The number of nitrogens with one attached hydrogen (secondary N) is 1. The summed E-state index contributed by atoms with van der Waals surface area (Å²) in [5.74, 6) is -1.70. The van der Waals surface area contributed by atoms with E-state index in [0.29, 0.717) is 12.1 Å². The van der Waals surface area contributed by atoms with Crippen LogP contribution < -0.4 is 4.90 Å². The van der Waals surface area contributed by atoms with Crippen LogP contribution in [0.2, 0.25) is 0 Å². The third kappa shape index (κ3) is 4.49. The number of aromatic nitrogens is 1. The van der Waals surface area contributed by atoms with Gasteiger partial charge in [-0.15, -0.1) is 0 Å². The largest absolute Gasteiger partial charge is 0.361 e. The first kappa shape index (κ1) is 23.0. The standard InChI is InChI=1S/C27H21BrFN3O3/c28-19-7-11-21(12-8-19)32-25(33)15-24(27(32)35)31(26(34)17-5-9-20(29)10-6-17)14-13-18-16-30-23-4-2-1-3-22(18)23/h1-12,16,24,30H,13-15H2. The monoisotopic (exact) mass is 533 g/mol. The lowest BCUT2D eigenvalue weighted by molar-refractivity contribution is -0.122. The number of H-pyrrole nitrogens is 1. The van der Waals surface area contributed by atoms with Crippen molar-refractivity contribution in [2.24, 2.45) is 0 Å². The van der Waals surface area contributed by atoms with E-state index < -0.39 is 23.7 Å². The number of carbonyl (C=O) groups excluding carboxylic acids is 3. The molecule has 1 N–H and O–H groups in total. The van der Waals surface area contributed by atoms with Gasteiger partial charge in [0.2, 0.25) is 5.91 Å². The van der Waals surface area contributed by atoms with E-state index in [9.17, 15) is 18.8 Å². The number of fused-ring (bicyclic) bond motifs is 1. The van der Waals surface area contributed by atoms with Crippen LogP contribution in [0.15, 0.2) is 83.5 Å². The van der Waals surface area contributed by atoms with Gasteiger partial charge in [0.25, 0.3) is 11.8 Å². The third-order valence-corrected chi connectivity index (χ3v) is 6.76. The SMILES string of the molecule is O=C1CC(N(CCc2c[nH]c3ccccc23)C(=O)c2ccc(F)cc2)C(=O)N1c1ccc(Br)cc1. The molecule has 1 atom stereocenters. The van der Waals surface area contributed by atoms with E-state index in [1.807, 2.05) is 30.5 Å². The summed E-state index contributed by atoms with van der Waals surface area (Å²) in [6.45, 7) is 0.218. The molecule has 4 aromatic rings. The van der Waals surface area contributed by atoms with Crippen molar-refractivity contribution in [3.05, 3.63) is 100 Å². The lowest BCUT2D eigenvalue weighted by Gasteiger charge is -2.28. The Morgan fingerprint density at radius 1 is 1.03 bits per heavy atom. The van der Waals surface area contributed by atoms with Crippen molar-refractivity contribution in [2.45, 2.75) is 18.9 Å². The number of anilines is 1. The normalized spacial score (nSPS) is 15.7. The molecule has 0 saturated carbocycles. The van der Waals surface area contributed by atoms with Gasteiger partial charge in [-0.3, -0.25) is 14.4 Å². The van der Waals surface area contributed by atoms with Gasteiger partial charge in [0, 0.05) is 33.7 Å². The molecule has 1 aliphatic rings. The number of aromatic amines is 1. The summed E-state index contributed by atoms with van der Waals surface area (Å²) in [7, 11) is 0. The van der Waals surface area contributed by atoms with Crippen molar-refractivity contribution in [2.75, 3.05) is 11.4 Å². The van der Waals surface area contributed by atoms with Crippen molar-refractivity contribution >= 4 is 50.2 Å². The minimum absolute atomic E-state index is 0.115. The second-order valence-electron chi connectivity index (χ2n) is 8.38.